The first-order valence-electron chi connectivity index (χ1n) is 4.90. The summed E-state index contributed by atoms with van der Waals surface area (Å²) in [7, 11) is 1.84. The number of hydrogen-bond donors (Lipinski definition) is 1. The van der Waals surface area contributed by atoms with E-state index in [1.807, 2.05) is 20.0 Å². The number of nitrogens with two attached hydrogens (primary N) is 1. The molecule has 0 radical (unpaired) electrons. The van der Waals surface area contributed by atoms with E-state index in [0.29, 0.717) is 5.69 Å². The van der Waals surface area contributed by atoms with Crippen molar-refractivity contribution in [3.05, 3.63) is 34.7 Å². The predicted octanol–water partition coefficient (Wildman–Crippen LogP) is 3.25. The number of rotatable bonds is 2. The van der Waals surface area contributed by atoms with Crippen LogP contribution in [0.4, 0.5) is 10.1 Å². The highest BCUT2D eigenvalue weighted by atomic mass is 35.5. The van der Waals surface area contributed by atoms with E-state index in [9.17, 15) is 4.39 Å². The number of nitrogens with zero attached hydrogens (tertiary/aromatic N) is 2. The molecular formula is C11H11ClFN3S. The average Bonchev–Trinajstić information content (AvgIpc) is 2.54. The summed E-state index contributed by atoms with van der Waals surface area (Å²) >= 11 is 7.14. The number of nitrogen functional groups attached to an aromatic ring is 1. The fourth-order valence-electron chi connectivity index (χ4n) is 1.43. The molecule has 0 spiro atoms. The highest BCUT2D eigenvalue weighted by Crippen LogP contribution is 2.35. The zero-order valence-electron chi connectivity index (χ0n) is 9.37. The van der Waals surface area contributed by atoms with Gasteiger partial charge in [-0.05, 0) is 25.1 Å². The SMILES string of the molecule is Cc1cc(Sc2cc(Cl)c(F)cc2N)n(C)n1. The second-order valence-electron chi connectivity index (χ2n) is 3.65. The Morgan fingerprint density at radius 2 is 2.12 bits per heavy atom. The van der Waals surface area contributed by atoms with E-state index in [-0.39, 0.29) is 5.02 Å². The molecule has 0 atom stereocenters. The normalized spacial score (nSPS) is 10.8. The van der Waals surface area contributed by atoms with Crippen molar-refractivity contribution in [2.24, 2.45) is 7.05 Å². The van der Waals surface area contributed by atoms with Gasteiger partial charge in [0.2, 0.25) is 0 Å². The average molecular weight is 272 g/mol. The van der Waals surface area contributed by atoms with Crippen molar-refractivity contribution in [2.45, 2.75) is 16.8 Å². The van der Waals surface area contributed by atoms with E-state index in [0.717, 1.165) is 15.6 Å². The molecule has 2 aromatic rings. The van der Waals surface area contributed by atoms with Gasteiger partial charge in [-0.25, -0.2) is 4.39 Å². The number of halogens is 2. The van der Waals surface area contributed by atoms with Gasteiger partial charge in [-0.2, -0.15) is 5.10 Å². The lowest BCUT2D eigenvalue weighted by Crippen LogP contribution is -1.94. The van der Waals surface area contributed by atoms with Crippen LogP contribution in [0.5, 0.6) is 0 Å². The van der Waals surface area contributed by atoms with E-state index in [1.165, 1.54) is 23.9 Å². The molecule has 6 heteroatoms. The Labute approximate surface area is 108 Å². The number of anilines is 1. The van der Waals surface area contributed by atoms with Gasteiger partial charge in [0, 0.05) is 17.6 Å². The van der Waals surface area contributed by atoms with Crippen LogP contribution < -0.4 is 5.73 Å². The molecule has 2 rings (SSSR count). The summed E-state index contributed by atoms with van der Waals surface area (Å²) in [5.41, 5.74) is 7.04. The van der Waals surface area contributed by atoms with Gasteiger partial charge in [0.1, 0.15) is 5.82 Å². The minimum atomic E-state index is -0.505. The Kier molecular flexibility index (Phi) is 3.31. The van der Waals surface area contributed by atoms with Gasteiger partial charge in [-0.3, -0.25) is 4.68 Å². The maximum absolute atomic E-state index is 13.1. The predicted molar refractivity (Wildman–Crippen MR) is 67.9 cm³/mol. The lowest BCUT2D eigenvalue weighted by atomic mass is 10.3. The number of hydrogen-bond acceptors (Lipinski definition) is 3. The first-order chi connectivity index (χ1) is 7.97. The van der Waals surface area contributed by atoms with Crippen LogP contribution in [-0.2, 0) is 7.05 Å². The number of benzene rings is 1. The Morgan fingerprint density at radius 1 is 1.41 bits per heavy atom. The standard InChI is InChI=1S/C11H11ClFN3S/c1-6-3-11(16(2)15-6)17-10-4-7(12)8(13)5-9(10)14/h3-5H,14H2,1-2H3. The molecule has 0 saturated carbocycles. The van der Waals surface area contributed by atoms with Crippen molar-refractivity contribution >= 4 is 29.1 Å². The molecule has 0 aliphatic rings. The largest absolute Gasteiger partial charge is 0.398 e. The number of aryl methyl sites for hydroxylation is 2. The van der Waals surface area contributed by atoms with Gasteiger partial charge in [-0.1, -0.05) is 23.4 Å². The third-order valence-corrected chi connectivity index (χ3v) is 3.68. The topological polar surface area (TPSA) is 43.8 Å². The zero-order valence-corrected chi connectivity index (χ0v) is 10.9. The number of aromatic nitrogens is 2. The van der Waals surface area contributed by atoms with E-state index < -0.39 is 5.82 Å². The minimum Gasteiger partial charge on any atom is -0.398 e. The van der Waals surface area contributed by atoms with Gasteiger partial charge in [0.15, 0.2) is 0 Å². The molecule has 17 heavy (non-hydrogen) atoms. The van der Waals surface area contributed by atoms with Crippen molar-refractivity contribution in [3.8, 4) is 0 Å². The fourth-order valence-corrected chi connectivity index (χ4v) is 2.64. The highest BCUT2D eigenvalue weighted by Gasteiger charge is 2.10. The molecule has 0 aliphatic heterocycles. The molecular weight excluding hydrogens is 261 g/mol. The molecule has 0 unspecified atom stereocenters. The lowest BCUT2D eigenvalue weighted by molar-refractivity contribution is 0.628. The van der Waals surface area contributed by atoms with Gasteiger partial charge in [-0.15, -0.1) is 0 Å². The molecule has 1 heterocycles. The summed E-state index contributed by atoms with van der Waals surface area (Å²) in [4.78, 5) is 0.722. The Balaban J connectivity index is 2.36. The van der Waals surface area contributed by atoms with Crippen LogP contribution in [0, 0.1) is 12.7 Å². The Bertz CT molecular complexity index is 568. The summed E-state index contributed by atoms with van der Waals surface area (Å²) in [6.45, 7) is 1.91. The van der Waals surface area contributed by atoms with Crippen molar-refractivity contribution in [3.63, 3.8) is 0 Å². The van der Waals surface area contributed by atoms with E-state index in [4.69, 9.17) is 17.3 Å². The maximum Gasteiger partial charge on any atom is 0.143 e. The molecule has 3 nitrogen and oxygen atoms in total. The van der Waals surface area contributed by atoms with Gasteiger partial charge in [0.05, 0.1) is 15.7 Å². The van der Waals surface area contributed by atoms with Gasteiger partial charge < -0.3 is 5.73 Å². The monoisotopic (exact) mass is 271 g/mol. The second kappa shape index (κ2) is 4.58. The molecule has 0 fully saturated rings. The summed E-state index contributed by atoms with van der Waals surface area (Å²) in [6, 6.07) is 4.69. The van der Waals surface area contributed by atoms with Crippen molar-refractivity contribution in [1.29, 1.82) is 0 Å². The third kappa shape index (κ3) is 2.56. The van der Waals surface area contributed by atoms with Crippen LogP contribution in [0.15, 0.2) is 28.1 Å². The van der Waals surface area contributed by atoms with Crippen LogP contribution in [0.25, 0.3) is 0 Å². The van der Waals surface area contributed by atoms with E-state index >= 15 is 0 Å². The Morgan fingerprint density at radius 3 is 2.71 bits per heavy atom. The minimum absolute atomic E-state index is 0.0700. The second-order valence-corrected chi connectivity index (χ2v) is 5.12. The summed E-state index contributed by atoms with van der Waals surface area (Å²) < 4.78 is 14.9. The van der Waals surface area contributed by atoms with Crippen LogP contribution in [0.1, 0.15) is 5.69 Å². The maximum atomic E-state index is 13.1. The molecule has 90 valence electrons. The molecule has 0 amide bonds. The molecule has 2 N–H and O–H groups in total. The smallest absolute Gasteiger partial charge is 0.143 e. The molecule has 1 aromatic heterocycles. The van der Waals surface area contributed by atoms with Gasteiger partial charge >= 0.3 is 0 Å². The molecule has 0 aliphatic carbocycles. The first-order valence-corrected chi connectivity index (χ1v) is 6.10. The van der Waals surface area contributed by atoms with Crippen molar-refractivity contribution in [2.75, 3.05) is 5.73 Å². The van der Waals surface area contributed by atoms with Gasteiger partial charge in [0.25, 0.3) is 0 Å². The summed E-state index contributed by atoms with van der Waals surface area (Å²) in [5.74, 6) is -0.505. The van der Waals surface area contributed by atoms with Crippen LogP contribution in [-0.4, -0.2) is 9.78 Å². The van der Waals surface area contributed by atoms with Crippen LogP contribution in [0.3, 0.4) is 0 Å². The van der Waals surface area contributed by atoms with Crippen molar-refractivity contribution < 1.29 is 4.39 Å². The third-order valence-electron chi connectivity index (χ3n) is 2.23. The quantitative estimate of drug-likeness (QED) is 0.853. The first kappa shape index (κ1) is 12.3. The van der Waals surface area contributed by atoms with Crippen LogP contribution in [0.2, 0.25) is 5.02 Å². The molecule has 0 saturated heterocycles. The molecule has 1 aromatic carbocycles. The summed E-state index contributed by atoms with van der Waals surface area (Å²) in [6.07, 6.45) is 0. The highest BCUT2D eigenvalue weighted by molar-refractivity contribution is 7.99. The van der Waals surface area contributed by atoms with E-state index in [2.05, 4.69) is 5.10 Å². The van der Waals surface area contributed by atoms with Crippen molar-refractivity contribution in [1.82, 2.24) is 9.78 Å². The lowest BCUT2D eigenvalue weighted by Gasteiger charge is -2.06. The van der Waals surface area contributed by atoms with E-state index in [1.54, 1.807) is 4.68 Å². The van der Waals surface area contributed by atoms with Crippen LogP contribution >= 0.6 is 23.4 Å². The molecule has 0 bridgehead atoms. The summed E-state index contributed by atoms with van der Waals surface area (Å²) in [5, 5.41) is 5.22. The zero-order chi connectivity index (χ0) is 12.6. The fraction of sp³-hybridized carbons (Fsp3) is 0.182. The Hall–Kier alpha value is -1.20.